The van der Waals surface area contributed by atoms with Crippen LogP contribution in [0.2, 0.25) is 0 Å². The average molecular weight is 285 g/mol. The Balaban J connectivity index is 1.62. The Morgan fingerprint density at radius 1 is 1.00 bits per heavy atom. The summed E-state index contributed by atoms with van der Waals surface area (Å²) < 4.78 is 0. The summed E-state index contributed by atoms with van der Waals surface area (Å²) in [4.78, 5) is 26.1. The Labute approximate surface area is 126 Å². The number of carbonyl (C=O) groups excluding carboxylic acids is 2. The summed E-state index contributed by atoms with van der Waals surface area (Å²) >= 11 is 0. The molecule has 1 aliphatic carbocycles. The lowest BCUT2D eigenvalue weighted by Gasteiger charge is -2.23. The molecule has 2 fully saturated rings. The molecule has 3 nitrogen and oxygen atoms in total. The van der Waals surface area contributed by atoms with Crippen LogP contribution in [0.3, 0.4) is 0 Å². The van der Waals surface area contributed by atoms with Gasteiger partial charge in [0.05, 0.1) is 6.54 Å². The molecule has 1 saturated carbocycles. The van der Waals surface area contributed by atoms with Crippen LogP contribution in [-0.2, 0) is 16.1 Å². The lowest BCUT2D eigenvalue weighted by Crippen LogP contribution is -2.30. The van der Waals surface area contributed by atoms with E-state index in [1.165, 1.54) is 37.0 Å². The highest BCUT2D eigenvalue weighted by molar-refractivity contribution is 6.03. The molecule has 1 aliphatic heterocycles. The van der Waals surface area contributed by atoms with Crippen LogP contribution in [0.5, 0.6) is 0 Å². The fourth-order valence-electron chi connectivity index (χ4n) is 3.69. The number of carbonyl (C=O) groups is 2. The molecule has 3 rings (SSSR count). The summed E-state index contributed by atoms with van der Waals surface area (Å²) in [6.45, 7) is 0.430. The van der Waals surface area contributed by atoms with Crippen LogP contribution in [0.4, 0.5) is 0 Å². The second kappa shape index (κ2) is 6.42. The monoisotopic (exact) mass is 285 g/mol. The smallest absolute Gasteiger partial charge is 0.233 e. The zero-order valence-corrected chi connectivity index (χ0v) is 12.5. The van der Waals surface area contributed by atoms with Crippen molar-refractivity contribution in [3.05, 3.63) is 35.9 Å². The quantitative estimate of drug-likeness (QED) is 0.794. The van der Waals surface area contributed by atoms with Gasteiger partial charge in [0, 0.05) is 12.3 Å². The number of benzene rings is 1. The van der Waals surface area contributed by atoms with Gasteiger partial charge in [-0.05, 0) is 17.9 Å². The molecule has 0 bridgehead atoms. The van der Waals surface area contributed by atoms with Crippen molar-refractivity contribution in [3.8, 4) is 0 Å². The molecule has 112 valence electrons. The van der Waals surface area contributed by atoms with Gasteiger partial charge in [0.2, 0.25) is 11.8 Å². The molecule has 0 N–H and O–H groups in total. The number of likely N-dealkylation sites (tertiary alicyclic amines) is 1. The maximum Gasteiger partial charge on any atom is 0.233 e. The third-order valence-corrected chi connectivity index (χ3v) is 4.86. The number of nitrogens with zero attached hydrogens (tertiary/aromatic N) is 1. The Morgan fingerprint density at radius 3 is 2.43 bits per heavy atom. The molecule has 1 saturated heterocycles. The highest BCUT2D eigenvalue weighted by atomic mass is 16.2. The predicted octanol–water partition coefficient (Wildman–Crippen LogP) is 3.53. The van der Waals surface area contributed by atoms with Crippen molar-refractivity contribution in [3.63, 3.8) is 0 Å². The van der Waals surface area contributed by atoms with Crippen molar-refractivity contribution in [1.82, 2.24) is 4.90 Å². The molecule has 1 atom stereocenters. The Bertz CT molecular complexity index is 505. The van der Waals surface area contributed by atoms with Crippen LogP contribution in [-0.4, -0.2) is 16.7 Å². The Morgan fingerprint density at radius 2 is 1.71 bits per heavy atom. The van der Waals surface area contributed by atoms with E-state index in [0.29, 0.717) is 18.9 Å². The normalized spacial score (nSPS) is 23.8. The molecular weight excluding hydrogens is 262 g/mol. The highest BCUT2D eigenvalue weighted by Crippen LogP contribution is 2.34. The van der Waals surface area contributed by atoms with Crippen molar-refractivity contribution >= 4 is 11.8 Å². The van der Waals surface area contributed by atoms with E-state index >= 15 is 0 Å². The zero-order valence-electron chi connectivity index (χ0n) is 12.5. The van der Waals surface area contributed by atoms with Crippen LogP contribution in [0.15, 0.2) is 30.3 Å². The van der Waals surface area contributed by atoms with E-state index in [2.05, 4.69) is 0 Å². The van der Waals surface area contributed by atoms with Crippen LogP contribution in [0.1, 0.15) is 50.5 Å². The van der Waals surface area contributed by atoms with Gasteiger partial charge < -0.3 is 0 Å². The standard InChI is InChI=1S/C18H23NO2/c20-17-12-16(11-14-7-3-1-4-8-14)18(21)19(17)13-15-9-5-2-6-10-15/h2,5-6,9-10,14,16H,1,3-4,7-8,11-13H2/t16-/m1/s1. The highest BCUT2D eigenvalue weighted by Gasteiger charge is 2.39. The van der Waals surface area contributed by atoms with Gasteiger partial charge in [0.25, 0.3) is 0 Å². The van der Waals surface area contributed by atoms with Crippen molar-refractivity contribution in [1.29, 1.82) is 0 Å². The number of hydrogen-bond donors (Lipinski definition) is 0. The molecule has 0 unspecified atom stereocenters. The van der Waals surface area contributed by atoms with Gasteiger partial charge in [-0.25, -0.2) is 0 Å². The molecule has 3 heteroatoms. The van der Waals surface area contributed by atoms with E-state index in [1.807, 2.05) is 30.3 Å². The van der Waals surface area contributed by atoms with Crippen LogP contribution < -0.4 is 0 Å². The molecule has 0 spiro atoms. The molecule has 1 heterocycles. The minimum absolute atomic E-state index is 0.00432. The minimum Gasteiger partial charge on any atom is -0.278 e. The molecule has 0 aromatic heterocycles. The van der Waals surface area contributed by atoms with E-state index in [9.17, 15) is 9.59 Å². The summed E-state index contributed by atoms with van der Waals surface area (Å²) in [6.07, 6.45) is 7.69. The lowest BCUT2D eigenvalue weighted by atomic mass is 9.82. The van der Waals surface area contributed by atoms with E-state index in [1.54, 1.807) is 0 Å². The van der Waals surface area contributed by atoms with Crippen LogP contribution >= 0.6 is 0 Å². The number of imide groups is 1. The number of hydrogen-bond acceptors (Lipinski definition) is 2. The average Bonchev–Trinajstić information content (AvgIpc) is 2.77. The van der Waals surface area contributed by atoms with Crippen molar-refractivity contribution in [2.45, 2.75) is 51.5 Å². The SMILES string of the molecule is O=C1C[C@@H](CC2CCCCC2)C(=O)N1Cc1ccccc1. The number of rotatable bonds is 4. The van der Waals surface area contributed by atoms with Gasteiger partial charge >= 0.3 is 0 Å². The fraction of sp³-hybridized carbons (Fsp3) is 0.556. The molecule has 1 aromatic rings. The Hall–Kier alpha value is -1.64. The van der Waals surface area contributed by atoms with Crippen molar-refractivity contribution < 1.29 is 9.59 Å². The summed E-state index contributed by atoms with van der Waals surface area (Å²) in [6, 6.07) is 9.77. The third-order valence-electron chi connectivity index (χ3n) is 4.86. The van der Waals surface area contributed by atoms with Gasteiger partial charge in [-0.15, -0.1) is 0 Å². The molecule has 1 aromatic carbocycles. The fourth-order valence-corrected chi connectivity index (χ4v) is 3.69. The van der Waals surface area contributed by atoms with Crippen molar-refractivity contribution in [2.75, 3.05) is 0 Å². The first-order valence-corrected chi connectivity index (χ1v) is 8.12. The van der Waals surface area contributed by atoms with E-state index in [-0.39, 0.29) is 17.7 Å². The van der Waals surface area contributed by atoms with Gasteiger partial charge in [-0.2, -0.15) is 0 Å². The van der Waals surface area contributed by atoms with Crippen LogP contribution in [0.25, 0.3) is 0 Å². The predicted molar refractivity (Wildman–Crippen MR) is 81.3 cm³/mol. The molecule has 2 amide bonds. The van der Waals surface area contributed by atoms with Gasteiger partial charge in [0.15, 0.2) is 0 Å². The van der Waals surface area contributed by atoms with Crippen LogP contribution in [0, 0.1) is 11.8 Å². The summed E-state index contributed by atoms with van der Waals surface area (Å²) in [7, 11) is 0. The first-order valence-electron chi connectivity index (χ1n) is 8.12. The van der Waals surface area contributed by atoms with Gasteiger partial charge in [-0.3, -0.25) is 14.5 Å². The molecule has 2 aliphatic rings. The largest absolute Gasteiger partial charge is 0.278 e. The lowest BCUT2D eigenvalue weighted by molar-refractivity contribution is -0.140. The van der Waals surface area contributed by atoms with Crippen molar-refractivity contribution in [2.24, 2.45) is 11.8 Å². The molecule has 0 radical (unpaired) electrons. The first kappa shape index (κ1) is 14.3. The number of amides is 2. The summed E-state index contributed by atoms with van der Waals surface area (Å²) in [5.41, 5.74) is 1.03. The molecule has 21 heavy (non-hydrogen) atoms. The second-order valence-electron chi connectivity index (χ2n) is 6.44. The maximum atomic E-state index is 12.5. The Kier molecular flexibility index (Phi) is 4.37. The summed E-state index contributed by atoms with van der Waals surface area (Å²) in [5, 5.41) is 0. The first-order chi connectivity index (χ1) is 10.2. The maximum absolute atomic E-state index is 12.5. The van der Waals surface area contributed by atoms with E-state index in [4.69, 9.17) is 0 Å². The van der Waals surface area contributed by atoms with Gasteiger partial charge in [0.1, 0.15) is 0 Å². The summed E-state index contributed by atoms with van der Waals surface area (Å²) in [5.74, 6) is 0.639. The third kappa shape index (κ3) is 3.34. The van der Waals surface area contributed by atoms with E-state index < -0.39 is 0 Å². The van der Waals surface area contributed by atoms with E-state index in [0.717, 1.165) is 12.0 Å². The topological polar surface area (TPSA) is 37.4 Å². The molecular formula is C18H23NO2. The second-order valence-corrected chi connectivity index (χ2v) is 6.44. The van der Waals surface area contributed by atoms with Gasteiger partial charge in [-0.1, -0.05) is 62.4 Å². The zero-order chi connectivity index (χ0) is 14.7. The minimum atomic E-state index is -0.0655.